The number of aromatic nitrogens is 1. The van der Waals surface area contributed by atoms with Gasteiger partial charge in [0.1, 0.15) is 0 Å². The predicted molar refractivity (Wildman–Crippen MR) is 72.7 cm³/mol. The van der Waals surface area contributed by atoms with Crippen LogP contribution in [0.2, 0.25) is 0 Å². The number of hydrogen-bond donors (Lipinski definition) is 2. The molecule has 8 heteroatoms. The Morgan fingerprint density at radius 2 is 2.14 bits per heavy atom. The summed E-state index contributed by atoms with van der Waals surface area (Å²) < 4.78 is 38.5. The van der Waals surface area contributed by atoms with Gasteiger partial charge < -0.3 is 10.4 Å². The maximum Gasteiger partial charge on any atom is 0.417 e. The second kappa shape index (κ2) is 6.13. The van der Waals surface area contributed by atoms with Crippen molar-refractivity contribution in [3.63, 3.8) is 0 Å². The summed E-state index contributed by atoms with van der Waals surface area (Å²) >= 11 is 1.44. The molecule has 0 aliphatic carbocycles. The summed E-state index contributed by atoms with van der Waals surface area (Å²) in [4.78, 5) is 14.9. The number of carboxylic acids is 1. The molecule has 4 nitrogen and oxygen atoms in total. The van der Waals surface area contributed by atoms with E-state index in [-0.39, 0.29) is 5.69 Å². The first-order chi connectivity index (χ1) is 9.88. The number of rotatable bonds is 5. The van der Waals surface area contributed by atoms with Gasteiger partial charge in [0.05, 0.1) is 22.3 Å². The highest BCUT2D eigenvalue weighted by Crippen LogP contribution is 2.33. The fourth-order valence-corrected chi connectivity index (χ4v) is 2.36. The number of hydrogen-bond acceptors (Lipinski definition) is 4. The molecule has 0 amide bonds. The fourth-order valence-electron chi connectivity index (χ4n) is 1.77. The molecule has 0 saturated carbocycles. The van der Waals surface area contributed by atoms with Crippen molar-refractivity contribution in [2.24, 2.45) is 0 Å². The highest BCUT2D eigenvalue weighted by atomic mass is 32.1. The summed E-state index contributed by atoms with van der Waals surface area (Å²) in [6.45, 7) is 0.410. The Bertz CT molecular complexity index is 627. The summed E-state index contributed by atoms with van der Waals surface area (Å²) in [5.41, 5.74) is 0.841. The number of carbonyl (C=O) groups is 1. The SMILES string of the molecule is O=C(O)c1ccc(NCCc2cscn2)cc1C(F)(F)F. The Balaban J connectivity index is 2.12. The van der Waals surface area contributed by atoms with Crippen LogP contribution in [0.25, 0.3) is 0 Å². The van der Waals surface area contributed by atoms with E-state index >= 15 is 0 Å². The van der Waals surface area contributed by atoms with E-state index in [1.165, 1.54) is 17.4 Å². The number of carboxylic acid groups (broad SMARTS) is 1. The fraction of sp³-hybridized carbons (Fsp3) is 0.231. The molecular formula is C13H11F3N2O2S. The number of benzene rings is 1. The van der Waals surface area contributed by atoms with Gasteiger partial charge in [0, 0.05) is 24.0 Å². The van der Waals surface area contributed by atoms with Crippen LogP contribution in [0.4, 0.5) is 18.9 Å². The van der Waals surface area contributed by atoms with Crippen LogP contribution in [0.1, 0.15) is 21.6 Å². The highest BCUT2D eigenvalue weighted by Gasteiger charge is 2.35. The van der Waals surface area contributed by atoms with E-state index < -0.39 is 23.3 Å². The monoisotopic (exact) mass is 316 g/mol. The topological polar surface area (TPSA) is 62.2 Å². The van der Waals surface area contributed by atoms with Crippen LogP contribution in [0.15, 0.2) is 29.1 Å². The van der Waals surface area contributed by atoms with Crippen molar-refractivity contribution < 1.29 is 23.1 Å². The third kappa shape index (κ3) is 3.94. The van der Waals surface area contributed by atoms with Crippen LogP contribution in [0.5, 0.6) is 0 Å². The minimum Gasteiger partial charge on any atom is -0.478 e. The van der Waals surface area contributed by atoms with Crippen molar-refractivity contribution in [2.75, 3.05) is 11.9 Å². The second-order valence-electron chi connectivity index (χ2n) is 4.22. The molecule has 1 aromatic heterocycles. The number of alkyl halides is 3. The van der Waals surface area contributed by atoms with Crippen molar-refractivity contribution in [1.82, 2.24) is 4.98 Å². The zero-order chi connectivity index (χ0) is 15.5. The van der Waals surface area contributed by atoms with Crippen molar-refractivity contribution in [3.8, 4) is 0 Å². The molecule has 0 fully saturated rings. The largest absolute Gasteiger partial charge is 0.478 e. The molecule has 112 valence electrons. The number of thiazole rings is 1. The van der Waals surface area contributed by atoms with Crippen molar-refractivity contribution in [1.29, 1.82) is 0 Å². The van der Waals surface area contributed by atoms with Crippen LogP contribution >= 0.6 is 11.3 Å². The van der Waals surface area contributed by atoms with E-state index in [1.807, 2.05) is 5.38 Å². The second-order valence-corrected chi connectivity index (χ2v) is 4.94. The van der Waals surface area contributed by atoms with Crippen LogP contribution in [0, 0.1) is 0 Å². The zero-order valence-electron chi connectivity index (χ0n) is 10.6. The van der Waals surface area contributed by atoms with Gasteiger partial charge in [-0.1, -0.05) is 0 Å². The van der Waals surface area contributed by atoms with E-state index in [2.05, 4.69) is 10.3 Å². The molecule has 0 aliphatic rings. The summed E-state index contributed by atoms with van der Waals surface area (Å²) in [6, 6.07) is 3.08. The average Bonchev–Trinajstić information content (AvgIpc) is 2.90. The number of anilines is 1. The standard InChI is InChI=1S/C13H11F3N2O2S/c14-13(15,16)11-5-8(1-2-10(11)12(19)20)17-4-3-9-6-21-7-18-9/h1-2,5-7,17H,3-4H2,(H,19,20). The van der Waals surface area contributed by atoms with Gasteiger partial charge in [-0.25, -0.2) is 9.78 Å². The van der Waals surface area contributed by atoms with Crippen molar-refractivity contribution >= 4 is 23.0 Å². The van der Waals surface area contributed by atoms with Gasteiger partial charge in [0.2, 0.25) is 0 Å². The molecule has 0 unspecified atom stereocenters. The minimum absolute atomic E-state index is 0.225. The molecule has 0 atom stereocenters. The molecular weight excluding hydrogens is 305 g/mol. The summed E-state index contributed by atoms with van der Waals surface area (Å²) in [5, 5.41) is 13.5. The smallest absolute Gasteiger partial charge is 0.417 e. The van der Waals surface area contributed by atoms with Gasteiger partial charge in [0.15, 0.2) is 0 Å². The Morgan fingerprint density at radius 3 is 2.71 bits per heavy atom. The molecule has 2 rings (SSSR count). The highest BCUT2D eigenvalue weighted by molar-refractivity contribution is 7.07. The van der Waals surface area contributed by atoms with Crippen LogP contribution < -0.4 is 5.32 Å². The lowest BCUT2D eigenvalue weighted by Gasteiger charge is -2.13. The molecule has 1 heterocycles. The van der Waals surface area contributed by atoms with Gasteiger partial charge >= 0.3 is 12.1 Å². The molecule has 0 aliphatic heterocycles. The number of halogens is 3. The normalized spacial score (nSPS) is 11.4. The maximum atomic E-state index is 12.8. The lowest BCUT2D eigenvalue weighted by Crippen LogP contribution is -2.14. The lowest BCUT2D eigenvalue weighted by atomic mass is 10.1. The predicted octanol–water partition coefficient (Wildman–Crippen LogP) is 3.51. The summed E-state index contributed by atoms with van der Waals surface area (Å²) in [6.07, 6.45) is -4.13. The molecule has 0 spiro atoms. The lowest BCUT2D eigenvalue weighted by molar-refractivity contribution is -0.138. The first-order valence-corrected chi connectivity index (χ1v) is 6.87. The van der Waals surface area contributed by atoms with Crippen molar-refractivity contribution in [2.45, 2.75) is 12.6 Å². The number of nitrogens with zero attached hydrogens (tertiary/aromatic N) is 1. The van der Waals surface area contributed by atoms with E-state index in [1.54, 1.807) is 5.51 Å². The first kappa shape index (κ1) is 15.3. The third-order valence-electron chi connectivity index (χ3n) is 2.75. The number of nitrogens with one attached hydrogen (secondary N) is 1. The van der Waals surface area contributed by atoms with Gasteiger partial charge in [-0.3, -0.25) is 0 Å². The molecule has 0 radical (unpaired) electrons. The molecule has 1 aromatic carbocycles. The summed E-state index contributed by atoms with van der Waals surface area (Å²) in [7, 11) is 0. The van der Waals surface area contributed by atoms with Gasteiger partial charge in [-0.2, -0.15) is 13.2 Å². The molecule has 0 saturated heterocycles. The Morgan fingerprint density at radius 1 is 1.38 bits per heavy atom. The number of aromatic carboxylic acids is 1. The zero-order valence-corrected chi connectivity index (χ0v) is 11.5. The molecule has 0 bridgehead atoms. The van der Waals surface area contributed by atoms with Gasteiger partial charge in [-0.05, 0) is 18.2 Å². The van der Waals surface area contributed by atoms with Gasteiger partial charge in [-0.15, -0.1) is 11.3 Å². The Kier molecular flexibility index (Phi) is 4.46. The van der Waals surface area contributed by atoms with Crippen LogP contribution in [0.3, 0.4) is 0 Å². The van der Waals surface area contributed by atoms with E-state index in [4.69, 9.17) is 5.11 Å². The third-order valence-corrected chi connectivity index (χ3v) is 3.38. The van der Waals surface area contributed by atoms with E-state index in [0.717, 1.165) is 17.8 Å². The maximum absolute atomic E-state index is 12.8. The van der Waals surface area contributed by atoms with E-state index in [0.29, 0.717) is 13.0 Å². The van der Waals surface area contributed by atoms with Crippen LogP contribution in [-0.4, -0.2) is 22.6 Å². The summed E-state index contributed by atoms with van der Waals surface area (Å²) in [5.74, 6) is -1.60. The molecule has 2 aromatic rings. The van der Waals surface area contributed by atoms with Crippen molar-refractivity contribution in [3.05, 3.63) is 45.9 Å². The average molecular weight is 316 g/mol. The molecule has 21 heavy (non-hydrogen) atoms. The van der Waals surface area contributed by atoms with Crippen LogP contribution in [-0.2, 0) is 12.6 Å². The molecule has 2 N–H and O–H groups in total. The van der Waals surface area contributed by atoms with E-state index in [9.17, 15) is 18.0 Å². The first-order valence-electron chi connectivity index (χ1n) is 5.93. The Labute approximate surface area is 122 Å². The quantitative estimate of drug-likeness (QED) is 0.886. The van der Waals surface area contributed by atoms with Gasteiger partial charge in [0.25, 0.3) is 0 Å². The Hall–Kier alpha value is -2.09. The minimum atomic E-state index is -4.71.